The summed E-state index contributed by atoms with van der Waals surface area (Å²) < 4.78 is 6.83. The molecule has 0 amide bonds. The summed E-state index contributed by atoms with van der Waals surface area (Å²) in [5, 5.41) is 11.0. The zero-order chi connectivity index (χ0) is 22.8. The minimum Gasteiger partial charge on any atom is -0.508 e. The maximum Gasteiger partial charge on any atom is 0.203 e. The largest absolute Gasteiger partial charge is 0.508 e. The summed E-state index contributed by atoms with van der Waals surface area (Å²) in [6.07, 6.45) is 2.34. The van der Waals surface area contributed by atoms with Crippen LogP contribution >= 0.6 is 11.3 Å². The van der Waals surface area contributed by atoms with Gasteiger partial charge in [0, 0.05) is 27.8 Å². The molecule has 4 nitrogen and oxygen atoms in total. The van der Waals surface area contributed by atoms with Crippen molar-refractivity contribution < 1.29 is 14.6 Å². The molecule has 0 aliphatic carbocycles. The van der Waals surface area contributed by atoms with Gasteiger partial charge in [-0.15, -0.1) is 11.3 Å². The van der Waals surface area contributed by atoms with Crippen LogP contribution in [0.2, 0.25) is 0 Å². The smallest absolute Gasteiger partial charge is 0.203 e. The van der Waals surface area contributed by atoms with Crippen LogP contribution in [0.3, 0.4) is 0 Å². The Morgan fingerprint density at radius 3 is 2.48 bits per heavy atom. The lowest BCUT2D eigenvalue weighted by atomic mass is 9.98. The van der Waals surface area contributed by atoms with Crippen LogP contribution in [-0.4, -0.2) is 42.0 Å². The monoisotopic (exact) mass is 457 g/mol. The Balaban J connectivity index is 1.43. The van der Waals surface area contributed by atoms with Crippen LogP contribution in [0.25, 0.3) is 21.2 Å². The molecule has 2 heterocycles. The fourth-order valence-corrected chi connectivity index (χ4v) is 5.39. The number of carbonyl (C=O) groups is 1. The highest BCUT2D eigenvalue weighted by atomic mass is 32.1. The number of aromatic hydroxyl groups is 1. The van der Waals surface area contributed by atoms with Crippen LogP contribution in [0.5, 0.6) is 11.5 Å². The van der Waals surface area contributed by atoms with E-state index in [9.17, 15) is 9.90 Å². The number of thiophene rings is 1. The van der Waals surface area contributed by atoms with Crippen molar-refractivity contribution in [1.82, 2.24) is 4.90 Å². The number of carbonyl (C=O) groups excluding carboxylic acids is 1. The van der Waals surface area contributed by atoms with Crippen LogP contribution < -0.4 is 4.74 Å². The van der Waals surface area contributed by atoms with Crippen molar-refractivity contribution in [1.29, 1.82) is 0 Å². The highest BCUT2D eigenvalue weighted by Crippen LogP contribution is 2.41. The van der Waals surface area contributed by atoms with E-state index in [0.717, 1.165) is 45.5 Å². The number of phenolic OH excluding ortho intramolecular Hbond substituents is 1. The average Bonchev–Trinajstić information content (AvgIpc) is 3.16. The lowest BCUT2D eigenvalue weighted by Gasteiger charge is -2.30. The van der Waals surface area contributed by atoms with Crippen LogP contribution in [-0.2, 0) is 0 Å². The Labute approximate surface area is 198 Å². The third-order valence-electron chi connectivity index (χ3n) is 6.17. The quantitative estimate of drug-likeness (QED) is 0.250. The van der Waals surface area contributed by atoms with Gasteiger partial charge in [0.2, 0.25) is 5.78 Å². The Morgan fingerprint density at radius 2 is 1.79 bits per heavy atom. The second kappa shape index (κ2) is 9.38. The van der Waals surface area contributed by atoms with Gasteiger partial charge >= 0.3 is 0 Å². The third-order valence-corrected chi connectivity index (χ3v) is 7.32. The Kier molecular flexibility index (Phi) is 6.16. The molecule has 4 aromatic rings. The van der Waals surface area contributed by atoms with Crippen molar-refractivity contribution in [3.05, 3.63) is 82.7 Å². The summed E-state index contributed by atoms with van der Waals surface area (Å²) in [4.78, 5) is 16.6. The van der Waals surface area contributed by atoms with Gasteiger partial charge in [0.05, 0.1) is 11.5 Å². The van der Waals surface area contributed by atoms with E-state index < -0.39 is 0 Å². The normalized spacial score (nSPS) is 13.7. The topological polar surface area (TPSA) is 49.8 Å². The minimum absolute atomic E-state index is 0.00277. The van der Waals surface area contributed by atoms with E-state index in [2.05, 4.69) is 4.90 Å². The molecule has 0 bridgehead atoms. The molecule has 168 valence electrons. The van der Waals surface area contributed by atoms with Gasteiger partial charge in [0.25, 0.3) is 0 Å². The average molecular weight is 458 g/mol. The summed E-state index contributed by atoms with van der Waals surface area (Å²) in [7, 11) is 0. The lowest BCUT2D eigenvalue weighted by Crippen LogP contribution is -2.38. The molecule has 1 saturated heterocycles. The zero-order valence-corrected chi connectivity index (χ0v) is 19.5. The lowest BCUT2D eigenvalue weighted by molar-refractivity contribution is 0.104. The summed E-state index contributed by atoms with van der Waals surface area (Å²) in [5.74, 6) is 1.04. The van der Waals surface area contributed by atoms with Crippen molar-refractivity contribution in [2.75, 3.05) is 26.2 Å². The van der Waals surface area contributed by atoms with Gasteiger partial charge in [-0.3, -0.25) is 4.79 Å². The number of benzene rings is 3. The molecule has 0 atom stereocenters. The zero-order valence-electron chi connectivity index (χ0n) is 18.7. The van der Waals surface area contributed by atoms with Crippen molar-refractivity contribution in [3.63, 3.8) is 0 Å². The maximum atomic E-state index is 13.5. The number of ether oxygens (including phenoxy) is 1. The van der Waals surface area contributed by atoms with Gasteiger partial charge < -0.3 is 14.7 Å². The van der Waals surface area contributed by atoms with Gasteiger partial charge in [-0.25, -0.2) is 0 Å². The molecule has 33 heavy (non-hydrogen) atoms. The van der Waals surface area contributed by atoms with Crippen LogP contribution in [0.15, 0.2) is 66.7 Å². The Bertz CT molecular complexity index is 1270. The number of rotatable bonds is 8. The molecule has 0 spiro atoms. The third kappa shape index (κ3) is 4.65. The van der Waals surface area contributed by atoms with Crippen molar-refractivity contribution in [2.45, 2.75) is 19.8 Å². The first-order valence-corrected chi connectivity index (χ1v) is 12.2. The number of likely N-dealkylation sites (tertiary alicyclic amines) is 1. The van der Waals surface area contributed by atoms with Crippen LogP contribution in [0.1, 0.15) is 33.6 Å². The Hall–Kier alpha value is -3.15. The van der Waals surface area contributed by atoms with E-state index in [1.807, 2.05) is 61.5 Å². The molecule has 1 N–H and O–H groups in total. The fraction of sp³-hybridized carbons (Fsp3) is 0.250. The fourth-order valence-electron chi connectivity index (χ4n) is 4.17. The van der Waals surface area contributed by atoms with Crippen molar-refractivity contribution >= 4 is 27.2 Å². The highest BCUT2D eigenvalue weighted by Gasteiger charge is 2.21. The van der Waals surface area contributed by atoms with Gasteiger partial charge in [0.1, 0.15) is 11.5 Å². The molecule has 1 aliphatic heterocycles. The van der Waals surface area contributed by atoms with Crippen molar-refractivity contribution in [3.8, 4) is 22.6 Å². The summed E-state index contributed by atoms with van der Waals surface area (Å²) >= 11 is 1.43. The highest BCUT2D eigenvalue weighted by molar-refractivity contribution is 7.21. The van der Waals surface area contributed by atoms with E-state index in [1.165, 1.54) is 30.8 Å². The van der Waals surface area contributed by atoms with E-state index >= 15 is 0 Å². The second-order valence-electron chi connectivity index (χ2n) is 8.60. The molecular weight excluding hydrogens is 430 g/mol. The summed E-state index contributed by atoms with van der Waals surface area (Å²) in [6, 6.07) is 20.9. The molecular formula is C28H27NO3S. The molecule has 1 aromatic heterocycles. The van der Waals surface area contributed by atoms with Gasteiger partial charge in [-0.2, -0.15) is 0 Å². The molecule has 0 radical (unpaired) electrons. The Morgan fingerprint density at radius 1 is 1.03 bits per heavy atom. The van der Waals surface area contributed by atoms with E-state index in [-0.39, 0.29) is 11.5 Å². The number of fused-ring (bicyclic) bond motifs is 1. The SMILES string of the molecule is Cc1ccc(C(=O)c2sc3cc(O)ccc3c2-c2ccc(OCCCN3CCC3)cc2)cc1. The number of hydrogen-bond acceptors (Lipinski definition) is 5. The van der Waals surface area contributed by atoms with E-state index in [1.54, 1.807) is 12.1 Å². The summed E-state index contributed by atoms with van der Waals surface area (Å²) in [6.45, 7) is 6.23. The molecule has 0 saturated carbocycles. The molecule has 5 rings (SSSR count). The first-order valence-electron chi connectivity index (χ1n) is 11.4. The number of hydrogen-bond donors (Lipinski definition) is 1. The van der Waals surface area contributed by atoms with Crippen LogP contribution in [0, 0.1) is 6.92 Å². The number of aryl methyl sites for hydroxylation is 1. The predicted octanol–water partition coefficient (Wildman–Crippen LogP) is 6.29. The van der Waals surface area contributed by atoms with Gasteiger partial charge in [-0.1, -0.05) is 42.0 Å². The molecule has 5 heteroatoms. The molecule has 1 aliphatic rings. The molecule has 3 aromatic carbocycles. The number of phenols is 1. The number of ketones is 1. The molecule has 0 unspecified atom stereocenters. The first-order chi connectivity index (χ1) is 16.1. The number of nitrogens with zero attached hydrogens (tertiary/aromatic N) is 1. The van der Waals surface area contributed by atoms with Crippen molar-refractivity contribution in [2.24, 2.45) is 0 Å². The van der Waals surface area contributed by atoms with E-state index in [4.69, 9.17) is 4.74 Å². The van der Waals surface area contributed by atoms with E-state index in [0.29, 0.717) is 17.0 Å². The maximum absolute atomic E-state index is 13.5. The second-order valence-corrected chi connectivity index (χ2v) is 9.66. The standard InChI is InChI=1S/C28H27NO3S/c1-19-4-6-21(7-5-19)27(31)28-26(24-13-10-22(30)18-25(24)33-28)20-8-11-23(12-9-20)32-17-3-16-29-14-2-15-29/h4-13,18,30H,2-3,14-17H2,1H3. The van der Waals surface area contributed by atoms with Crippen LogP contribution in [0.4, 0.5) is 0 Å². The van der Waals surface area contributed by atoms with Gasteiger partial charge in [0.15, 0.2) is 0 Å². The summed E-state index contributed by atoms with van der Waals surface area (Å²) in [5.41, 5.74) is 3.66. The first kappa shape index (κ1) is 21.7. The predicted molar refractivity (Wildman–Crippen MR) is 135 cm³/mol. The molecule has 1 fully saturated rings. The minimum atomic E-state index is -0.00277. The van der Waals surface area contributed by atoms with Gasteiger partial charge in [-0.05, 0) is 68.8 Å².